The predicted molar refractivity (Wildman–Crippen MR) is 57.6 cm³/mol. The van der Waals surface area contributed by atoms with E-state index in [2.05, 4.69) is 25.1 Å². The zero-order chi connectivity index (χ0) is 11.0. The number of aromatic nitrogens is 5. The molecule has 0 aliphatic heterocycles. The van der Waals surface area contributed by atoms with Gasteiger partial charge in [0.1, 0.15) is 5.82 Å². The molecule has 16 heavy (non-hydrogen) atoms. The smallest absolute Gasteiger partial charge is 0.167 e. The summed E-state index contributed by atoms with van der Waals surface area (Å²) < 4.78 is 0. The van der Waals surface area contributed by atoms with Crippen LogP contribution in [0.5, 0.6) is 0 Å². The van der Waals surface area contributed by atoms with Crippen molar-refractivity contribution in [1.29, 1.82) is 0 Å². The summed E-state index contributed by atoms with van der Waals surface area (Å²) >= 11 is 0. The highest BCUT2D eigenvalue weighted by Crippen LogP contribution is 2.37. The van der Waals surface area contributed by atoms with Crippen LogP contribution in [-0.2, 0) is 6.42 Å². The summed E-state index contributed by atoms with van der Waals surface area (Å²) in [7, 11) is 0. The van der Waals surface area contributed by atoms with Crippen LogP contribution in [0.2, 0.25) is 0 Å². The first-order valence-corrected chi connectivity index (χ1v) is 5.48. The van der Waals surface area contributed by atoms with Crippen LogP contribution in [0.1, 0.15) is 42.1 Å². The largest absolute Gasteiger partial charge is 0.348 e. The van der Waals surface area contributed by atoms with Crippen LogP contribution >= 0.6 is 0 Å². The highest BCUT2D eigenvalue weighted by atomic mass is 15.2. The summed E-state index contributed by atoms with van der Waals surface area (Å²) in [6.45, 7) is 0. The number of H-pyrrole nitrogens is 2. The maximum Gasteiger partial charge on any atom is 0.167 e. The van der Waals surface area contributed by atoms with Crippen molar-refractivity contribution < 1.29 is 0 Å². The highest BCUT2D eigenvalue weighted by Gasteiger charge is 2.27. The highest BCUT2D eigenvalue weighted by molar-refractivity contribution is 5.08. The predicted octanol–water partition coefficient (Wildman–Crippen LogP) is 0.648. The number of aromatic amines is 2. The Morgan fingerprint density at radius 3 is 3.06 bits per heavy atom. The van der Waals surface area contributed by atoms with Gasteiger partial charge in [-0.05, 0) is 12.8 Å². The maximum atomic E-state index is 6.03. The lowest BCUT2D eigenvalue weighted by Crippen LogP contribution is -2.15. The molecule has 2 heterocycles. The van der Waals surface area contributed by atoms with Crippen LogP contribution in [-0.4, -0.2) is 25.1 Å². The van der Waals surface area contributed by atoms with Crippen molar-refractivity contribution in [1.82, 2.24) is 25.1 Å². The van der Waals surface area contributed by atoms with Gasteiger partial charge in [-0.3, -0.25) is 5.10 Å². The molecule has 0 amide bonds. The van der Waals surface area contributed by atoms with Crippen molar-refractivity contribution in [3.8, 4) is 0 Å². The Labute approximate surface area is 92.7 Å². The van der Waals surface area contributed by atoms with Crippen molar-refractivity contribution in [2.24, 2.45) is 5.73 Å². The second-order valence-corrected chi connectivity index (χ2v) is 4.24. The minimum Gasteiger partial charge on any atom is -0.348 e. The van der Waals surface area contributed by atoms with Gasteiger partial charge < -0.3 is 10.7 Å². The number of hydrogen-bond acceptors (Lipinski definition) is 4. The standard InChI is InChI=1S/C10H14N6/c11-8(3-7-4-12-5-13-7)10-14-9(15-16-10)6-1-2-6/h4-6,8H,1-3,11H2,(H,12,13)(H,14,15,16)/t8-/m0/s1. The number of nitrogens with zero attached hydrogens (tertiary/aromatic N) is 3. The van der Waals surface area contributed by atoms with Crippen LogP contribution in [0.3, 0.4) is 0 Å². The molecule has 0 radical (unpaired) electrons. The molecule has 2 aromatic heterocycles. The first-order valence-electron chi connectivity index (χ1n) is 5.48. The Morgan fingerprint density at radius 1 is 1.50 bits per heavy atom. The van der Waals surface area contributed by atoms with Crippen molar-refractivity contribution in [2.75, 3.05) is 0 Å². The molecule has 1 saturated carbocycles. The molecule has 6 nitrogen and oxygen atoms in total. The van der Waals surface area contributed by atoms with Gasteiger partial charge in [0.25, 0.3) is 0 Å². The van der Waals surface area contributed by atoms with E-state index in [-0.39, 0.29) is 6.04 Å². The van der Waals surface area contributed by atoms with Gasteiger partial charge in [-0.15, -0.1) is 0 Å². The molecule has 4 N–H and O–H groups in total. The van der Waals surface area contributed by atoms with Gasteiger partial charge >= 0.3 is 0 Å². The quantitative estimate of drug-likeness (QED) is 0.701. The zero-order valence-electron chi connectivity index (χ0n) is 8.85. The molecule has 84 valence electrons. The van der Waals surface area contributed by atoms with E-state index in [9.17, 15) is 0 Å². The summed E-state index contributed by atoms with van der Waals surface area (Å²) in [5.41, 5.74) is 7.03. The summed E-state index contributed by atoms with van der Waals surface area (Å²) in [6, 6.07) is -0.177. The van der Waals surface area contributed by atoms with Gasteiger partial charge in [-0.1, -0.05) is 0 Å². The topological polar surface area (TPSA) is 96.3 Å². The summed E-state index contributed by atoms with van der Waals surface area (Å²) in [5, 5.41) is 7.12. The van der Waals surface area contributed by atoms with Crippen LogP contribution in [0, 0.1) is 0 Å². The van der Waals surface area contributed by atoms with Gasteiger partial charge in [-0.25, -0.2) is 9.97 Å². The molecule has 3 rings (SSSR count). The Morgan fingerprint density at radius 2 is 2.38 bits per heavy atom. The van der Waals surface area contributed by atoms with Gasteiger partial charge in [-0.2, -0.15) is 5.10 Å². The lowest BCUT2D eigenvalue weighted by Gasteiger charge is -2.04. The second kappa shape index (κ2) is 3.71. The average Bonchev–Trinajstić information content (AvgIpc) is 2.82. The second-order valence-electron chi connectivity index (χ2n) is 4.24. The number of rotatable bonds is 4. The SMILES string of the molecule is N[C@@H](Cc1cnc[nH]1)c1n[nH]c(C2CC2)n1. The number of imidazole rings is 1. The van der Waals surface area contributed by atoms with Gasteiger partial charge in [0.2, 0.25) is 0 Å². The van der Waals surface area contributed by atoms with Crippen molar-refractivity contribution in [3.63, 3.8) is 0 Å². The zero-order valence-corrected chi connectivity index (χ0v) is 8.85. The molecule has 0 aromatic carbocycles. The minimum absolute atomic E-state index is 0.177. The molecular weight excluding hydrogens is 204 g/mol. The monoisotopic (exact) mass is 218 g/mol. The molecular formula is C10H14N6. The molecule has 0 saturated heterocycles. The Balaban J connectivity index is 1.70. The van der Waals surface area contributed by atoms with Gasteiger partial charge in [0, 0.05) is 24.2 Å². The fourth-order valence-electron chi connectivity index (χ4n) is 1.72. The normalized spacial score (nSPS) is 17.6. The molecule has 0 unspecified atom stereocenters. The van der Waals surface area contributed by atoms with E-state index in [4.69, 9.17) is 5.73 Å². The molecule has 0 spiro atoms. The fourth-order valence-corrected chi connectivity index (χ4v) is 1.72. The van der Waals surface area contributed by atoms with Crippen molar-refractivity contribution >= 4 is 0 Å². The fraction of sp³-hybridized carbons (Fsp3) is 0.500. The lowest BCUT2D eigenvalue weighted by molar-refractivity contribution is 0.661. The molecule has 1 aliphatic carbocycles. The van der Waals surface area contributed by atoms with Crippen LogP contribution in [0.15, 0.2) is 12.5 Å². The van der Waals surface area contributed by atoms with Gasteiger partial charge in [0.15, 0.2) is 5.82 Å². The maximum absolute atomic E-state index is 6.03. The van der Waals surface area contributed by atoms with Crippen LogP contribution in [0.4, 0.5) is 0 Å². The third kappa shape index (κ3) is 1.83. The van der Waals surface area contributed by atoms with Gasteiger partial charge in [0.05, 0.1) is 12.4 Å². The van der Waals surface area contributed by atoms with Crippen LogP contribution in [0.25, 0.3) is 0 Å². The number of nitrogens with one attached hydrogen (secondary N) is 2. The molecule has 1 atom stereocenters. The van der Waals surface area contributed by atoms with E-state index < -0.39 is 0 Å². The Kier molecular flexibility index (Phi) is 2.21. The molecule has 2 aromatic rings. The molecule has 1 fully saturated rings. The summed E-state index contributed by atoms with van der Waals surface area (Å²) in [4.78, 5) is 11.4. The van der Waals surface area contributed by atoms with Crippen molar-refractivity contribution in [2.45, 2.75) is 31.2 Å². The number of nitrogens with two attached hydrogens (primary N) is 1. The summed E-state index contributed by atoms with van der Waals surface area (Å²) in [6.07, 6.45) is 6.53. The summed E-state index contributed by atoms with van der Waals surface area (Å²) in [5.74, 6) is 2.26. The Hall–Kier alpha value is -1.69. The van der Waals surface area contributed by atoms with E-state index >= 15 is 0 Å². The van der Waals surface area contributed by atoms with E-state index in [0.29, 0.717) is 18.2 Å². The number of hydrogen-bond donors (Lipinski definition) is 3. The third-order valence-corrected chi connectivity index (χ3v) is 2.81. The van der Waals surface area contributed by atoms with E-state index in [1.165, 1.54) is 12.8 Å². The van der Waals surface area contributed by atoms with Crippen LogP contribution < -0.4 is 5.73 Å². The molecule has 6 heteroatoms. The average molecular weight is 218 g/mol. The van der Waals surface area contributed by atoms with E-state index in [0.717, 1.165) is 11.5 Å². The lowest BCUT2D eigenvalue weighted by atomic mass is 10.2. The third-order valence-electron chi connectivity index (χ3n) is 2.81. The Bertz CT molecular complexity index is 455. The first-order chi connectivity index (χ1) is 7.83. The molecule has 0 bridgehead atoms. The molecule has 1 aliphatic rings. The first kappa shape index (κ1) is 9.53. The van der Waals surface area contributed by atoms with E-state index in [1.807, 2.05) is 0 Å². The van der Waals surface area contributed by atoms with Crippen molar-refractivity contribution in [3.05, 3.63) is 29.9 Å². The van der Waals surface area contributed by atoms with E-state index in [1.54, 1.807) is 12.5 Å². The minimum atomic E-state index is -0.177.